The third-order valence-electron chi connectivity index (χ3n) is 7.33. The highest BCUT2D eigenvalue weighted by Gasteiger charge is 2.57. The van der Waals surface area contributed by atoms with Gasteiger partial charge in [0.2, 0.25) is 0 Å². The van der Waals surface area contributed by atoms with Crippen molar-refractivity contribution in [3.05, 3.63) is 94.0 Å². The number of esters is 1. The molecule has 1 saturated heterocycles. The van der Waals surface area contributed by atoms with Crippen molar-refractivity contribution in [2.75, 3.05) is 0 Å². The molecule has 1 N–H and O–H groups in total. The van der Waals surface area contributed by atoms with Crippen LogP contribution in [-0.2, 0) is 14.3 Å². The molecule has 0 unspecified atom stereocenters. The maximum absolute atomic E-state index is 13.5. The Kier molecular flexibility index (Phi) is 6.58. The van der Waals surface area contributed by atoms with E-state index in [4.69, 9.17) is 4.74 Å². The monoisotopic (exact) mass is 558 g/mol. The Bertz CT molecular complexity index is 1380. The topological polar surface area (TPSA) is 84.8 Å². The van der Waals surface area contributed by atoms with Crippen LogP contribution in [0.1, 0.15) is 48.7 Å². The Morgan fingerprint density at radius 2 is 1.49 bits per heavy atom. The molecule has 3 aromatic rings. The first kappa shape index (κ1) is 25.1. The van der Waals surface area contributed by atoms with Crippen molar-refractivity contribution in [2.24, 2.45) is 22.9 Å². The van der Waals surface area contributed by atoms with Gasteiger partial charge in [0.05, 0.1) is 5.71 Å². The van der Waals surface area contributed by atoms with Crippen LogP contribution in [0.3, 0.4) is 0 Å². The lowest BCUT2D eigenvalue weighted by atomic mass is 9.70. The van der Waals surface area contributed by atoms with Crippen molar-refractivity contribution in [3.63, 3.8) is 0 Å². The SMILES string of the molecule is CC[C@H](C(=O)c1ccc(Br)cc1)[C@H]1[C@@H](C(=O)NN=C2c3ccccc3-c3ccccc32)C(=O)OC1(C)C. The molecule has 3 atom stereocenters. The average Bonchev–Trinajstić information content (AvgIpc) is 3.33. The maximum Gasteiger partial charge on any atom is 0.319 e. The number of nitrogens with one attached hydrogen (secondary N) is 1. The van der Waals surface area contributed by atoms with Gasteiger partial charge in [0.25, 0.3) is 5.91 Å². The van der Waals surface area contributed by atoms with Gasteiger partial charge in [-0.25, -0.2) is 5.43 Å². The van der Waals surface area contributed by atoms with Gasteiger partial charge in [-0.1, -0.05) is 83.5 Å². The van der Waals surface area contributed by atoms with Crippen LogP contribution in [0.4, 0.5) is 0 Å². The Labute approximate surface area is 224 Å². The summed E-state index contributed by atoms with van der Waals surface area (Å²) in [6, 6.07) is 22.8. The second kappa shape index (κ2) is 9.71. The largest absolute Gasteiger partial charge is 0.459 e. The molecule has 0 spiro atoms. The summed E-state index contributed by atoms with van der Waals surface area (Å²) in [6.45, 7) is 5.41. The van der Waals surface area contributed by atoms with E-state index in [0.29, 0.717) is 17.7 Å². The van der Waals surface area contributed by atoms with E-state index in [-0.39, 0.29) is 5.78 Å². The van der Waals surface area contributed by atoms with Crippen LogP contribution in [0.25, 0.3) is 11.1 Å². The molecule has 0 saturated carbocycles. The first-order valence-electron chi connectivity index (χ1n) is 12.3. The fourth-order valence-corrected chi connectivity index (χ4v) is 5.92. The molecule has 1 aliphatic carbocycles. The quantitative estimate of drug-likeness (QED) is 0.141. The second-order valence-corrected chi connectivity index (χ2v) is 10.9. The number of cyclic esters (lactones) is 1. The van der Waals surface area contributed by atoms with Gasteiger partial charge >= 0.3 is 5.97 Å². The van der Waals surface area contributed by atoms with Crippen molar-refractivity contribution in [1.29, 1.82) is 0 Å². The summed E-state index contributed by atoms with van der Waals surface area (Å²) < 4.78 is 6.52. The van der Waals surface area contributed by atoms with E-state index in [2.05, 4.69) is 26.5 Å². The molecule has 0 radical (unpaired) electrons. The minimum absolute atomic E-state index is 0.117. The van der Waals surface area contributed by atoms with Crippen molar-refractivity contribution < 1.29 is 19.1 Å². The molecule has 1 fully saturated rings. The lowest BCUT2D eigenvalue weighted by Gasteiger charge is -2.32. The van der Waals surface area contributed by atoms with Gasteiger partial charge in [-0.3, -0.25) is 14.4 Å². The van der Waals surface area contributed by atoms with Crippen molar-refractivity contribution >= 4 is 39.3 Å². The minimum atomic E-state index is -1.16. The van der Waals surface area contributed by atoms with Crippen molar-refractivity contribution in [3.8, 4) is 11.1 Å². The van der Waals surface area contributed by atoms with Gasteiger partial charge in [-0.05, 0) is 43.5 Å². The first-order valence-corrected chi connectivity index (χ1v) is 13.1. The van der Waals surface area contributed by atoms with Crippen LogP contribution in [-0.4, -0.2) is 29.0 Å². The van der Waals surface area contributed by atoms with Gasteiger partial charge in [0.1, 0.15) is 11.5 Å². The number of hydrogen-bond acceptors (Lipinski definition) is 5. The van der Waals surface area contributed by atoms with E-state index in [1.807, 2.05) is 55.5 Å². The van der Waals surface area contributed by atoms with E-state index in [1.165, 1.54) is 0 Å². The molecule has 188 valence electrons. The van der Waals surface area contributed by atoms with Crippen LogP contribution >= 0.6 is 15.9 Å². The van der Waals surface area contributed by atoms with Crippen molar-refractivity contribution in [2.45, 2.75) is 32.8 Å². The van der Waals surface area contributed by atoms with Crippen molar-refractivity contribution in [1.82, 2.24) is 5.43 Å². The Morgan fingerprint density at radius 3 is 2.03 bits per heavy atom. The Hall–Kier alpha value is -3.58. The first-order chi connectivity index (χ1) is 17.7. The molecule has 37 heavy (non-hydrogen) atoms. The summed E-state index contributed by atoms with van der Waals surface area (Å²) in [5, 5.41) is 4.48. The third-order valence-corrected chi connectivity index (χ3v) is 7.86. The number of rotatable bonds is 6. The van der Waals surface area contributed by atoms with Gasteiger partial charge in [0, 0.05) is 33.0 Å². The smallest absolute Gasteiger partial charge is 0.319 e. The molecular weight excluding hydrogens is 532 g/mol. The molecule has 5 rings (SSSR count). The predicted molar refractivity (Wildman–Crippen MR) is 145 cm³/mol. The molecule has 1 aliphatic heterocycles. The predicted octanol–water partition coefficient (Wildman–Crippen LogP) is 5.78. The van der Waals surface area contributed by atoms with Crippen LogP contribution in [0.5, 0.6) is 0 Å². The number of carbonyl (C=O) groups excluding carboxylic acids is 3. The zero-order valence-electron chi connectivity index (χ0n) is 20.8. The fourth-order valence-electron chi connectivity index (χ4n) is 5.65. The third kappa shape index (κ3) is 4.42. The number of ether oxygens (including phenoxy) is 1. The van der Waals surface area contributed by atoms with Gasteiger partial charge in [-0.2, -0.15) is 5.10 Å². The summed E-state index contributed by atoms with van der Waals surface area (Å²) in [5.41, 5.74) is 6.71. The van der Waals surface area contributed by atoms with Crippen LogP contribution < -0.4 is 5.43 Å². The maximum atomic E-state index is 13.5. The molecule has 3 aromatic carbocycles. The van der Waals surface area contributed by atoms with E-state index >= 15 is 0 Å². The van der Waals surface area contributed by atoms with E-state index in [0.717, 1.165) is 26.7 Å². The molecule has 1 heterocycles. The summed E-state index contributed by atoms with van der Waals surface area (Å²) in [4.78, 5) is 40.1. The van der Waals surface area contributed by atoms with E-state index in [1.54, 1.807) is 38.1 Å². The van der Waals surface area contributed by atoms with Gasteiger partial charge in [-0.15, -0.1) is 0 Å². The second-order valence-electron chi connectivity index (χ2n) is 9.94. The molecule has 0 bridgehead atoms. The fraction of sp³-hybridized carbons (Fsp3) is 0.267. The zero-order valence-corrected chi connectivity index (χ0v) is 22.4. The molecule has 6 nitrogen and oxygen atoms in total. The van der Waals surface area contributed by atoms with Crippen LogP contribution in [0.2, 0.25) is 0 Å². The summed E-state index contributed by atoms with van der Waals surface area (Å²) >= 11 is 3.39. The Morgan fingerprint density at radius 1 is 0.946 bits per heavy atom. The van der Waals surface area contributed by atoms with Gasteiger partial charge in [0.15, 0.2) is 5.78 Å². The highest BCUT2D eigenvalue weighted by molar-refractivity contribution is 9.10. The standard InChI is InChI=1S/C30H27BrN2O4/c1-4-19(27(34)17-13-15-18(31)16-14-17)25-24(29(36)37-30(25,2)3)28(35)33-32-26-22-11-7-5-9-20(22)21-10-6-8-12-23(21)26/h5-16,19,24-25H,4H2,1-3H3,(H,33,35)/t19-,24-,25-/m0/s1. The highest BCUT2D eigenvalue weighted by Crippen LogP contribution is 2.44. The molecular formula is C30H27BrN2O4. The molecule has 2 aliphatic rings. The van der Waals surface area contributed by atoms with Crippen LogP contribution in [0.15, 0.2) is 82.4 Å². The highest BCUT2D eigenvalue weighted by atomic mass is 79.9. The Balaban J connectivity index is 1.46. The average molecular weight is 559 g/mol. The number of fused-ring (bicyclic) bond motifs is 3. The van der Waals surface area contributed by atoms with Crippen LogP contribution in [0, 0.1) is 17.8 Å². The molecule has 7 heteroatoms. The lowest BCUT2D eigenvalue weighted by Crippen LogP contribution is -2.44. The summed E-state index contributed by atoms with van der Waals surface area (Å²) in [6.07, 6.45) is 0.457. The molecule has 0 aromatic heterocycles. The van der Waals surface area contributed by atoms with E-state index in [9.17, 15) is 14.4 Å². The summed E-state index contributed by atoms with van der Waals surface area (Å²) in [7, 11) is 0. The summed E-state index contributed by atoms with van der Waals surface area (Å²) in [5.74, 6) is -3.72. The number of nitrogens with zero attached hydrogens (tertiary/aromatic N) is 1. The van der Waals surface area contributed by atoms with Gasteiger partial charge < -0.3 is 4.74 Å². The number of ketones is 1. The zero-order chi connectivity index (χ0) is 26.3. The number of halogens is 1. The van der Waals surface area contributed by atoms with E-state index < -0.39 is 35.2 Å². The number of amides is 1. The lowest BCUT2D eigenvalue weighted by molar-refractivity contribution is -0.150. The number of hydrogen-bond donors (Lipinski definition) is 1. The minimum Gasteiger partial charge on any atom is -0.459 e. The normalized spacial score (nSPS) is 20.0. The number of carbonyl (C=O) groups is 3. The number of Topliss-reactive ketones (excluding diaryl/α,β-unsaturated/α-hetero) is 1. The number of benzene rings is 3. The molecule has 1 amide bonds. The number of hydrazone groups is 1.